The van der Waals surface area contributed by atoms with Crippen molar-refractivity contribution in [2.75, 3.05) is 13.2 Å². The average molecular weight is 329 g/mol. The number of aliphatic hydroxyl groups excluding tert-OH is 1. The van der Waals surface area contributed by atoms with Gasteiger partial charge in [0.2, 0.25) is 5.91 Å². The Morgan fingerprint density at radius 2 is 1.91 bits per heavy atom. The zero-order chi connectivity index (χ0) is 17.1. The molecule has 1 fully saturated rings. The lowest BCUT2D eigenvalue weighted by Gasteiger charge is -2.14. The number of carbonyl (C=O) groups excluding carboxylic acids is 3. The van der Waals surface area contributed by atoms with E-state index in [4.69, 9.17) is 9.47 Å². The van der Waals surface area contributed by atoms with Gasteiger partial charge in [0.1, 0.15) is 25.4 Å². The Labute approximate surface area is 136 Å². The van der Waals surface area contributed by atoms with Crippen LogP contribution in [0.1, 0.15) is 58.3 Å². The quantitative estimate of drug-likeness (QED) is 0.434. The van der Waals surface area contributed by atoms with Crippen LogP contribution in [0.5, 0.6) is 0 Å². The zero-order valence-corrected chi connectivity index (χ0v) is 13.7. The minimum absolute atomic E-state index is 0.180. The molecule has 7 nitrogen and oxygen atoms in total. The molecule has 0 radical (unpaired) electrons. The van der Waals surface area contributed by atoms with Crippen molar-refractivity contribution < 1.29 is 29.0 Å². The summed E-state index contributed by atoms with van der Waals surface area (Å²) < 4.78 is 9.83. The molecule has 1 aliphatic heterocycles. The Morgan fingerprint density at radius 3 is 2.57 bits per heavy atom. The average Bonchev–Trinajstić information content (AvgIpc) is 2.97. The summed E-state index contributed by atoms with van der Waals surface area (Å²) in [5, 5.41) is 12.1. The molecule has 23 heavy (non-hydrogen) atoms. The zero-order valence-electron chi connectivity index (χ0n) is 13.7. The molecule has 0 saturated carbocycles. The normalized spacial score (nSPS) is 18.3. The fourth-order valence-corrected chi connectivity index (χ4v) is 2.25. The fourth-order valence-electron chi connectivity index (χ4n) is 2.25. The van der Waals surface area contributed by atoms with Crippen molar-refractivity contribution in [3.05, 3.63) is 0 Å². The predicted octanol–water partition coefficient (Wildman–Crippen LogP) is 1.07. The maximum Gasteiger partial charge on any atom is 0.328 e. The van der Waals surface area contributed by atoms with Crippen LogP contribution in [0, 0.1) is 0 Å². The Balaban J connectivity index is 2.05. The molecule has 1 saturated heterocycles. The number of aliphatic hydroxyl groups is 1. The summed E-state index contributed by atoms with van der Waals surface area (Å²) in [6.45, 7) is 1.68. The first-order valence-corrected chi connectivity index (χ1v) is 8.32. The van der Waals surface area contributed by atoms with Crippen LogP contribution in [0.3, 0.4) is 0 Å². The van der Waals surface area contributed by atoms with Gasteiger partial charge >= 0.3 is 11.9 Å². The van der Waals surface area contributed by atoms with Crippen molar-refractivity contribution in [1.29, 1.82) is 0 Å². The monoisotopic (exact) mass is 329 g/mol. The van der Waals surface area contributed by atoms with E-state index in [0.29, 0.717) is 19.3 Å². The molecule has 2 N–H and O–H groups in total. The summed E-state index contributed by atoms with van der Waals surface area (Å²) in [6, 6.07) is -0.639. The lowest BCUT2D eigenvalue weighted by molar-refractivity contribution is -0.154. The Kier molecular flexibility index (Phi) is 9.28. The standard InChI is InChI=1S/C16H27NO6/c1-2-3-4-5-6-7-15(20)22-10-12(18)11-23-16(21)13-8-9-14(19)17-13/h12-13,18H,2-11H2,1H3,(H,17,19)/t12?,13-/m1/s1. The summed E-state index contributed by atoms with van der Waals surface area (Å²) in [5.41, 5.74) is 0. The highest BCUT2D eigenvalue weighted by molar-refractivity contribution is 5.88. The number of nitrogens with one attached hydrogen (secondary N) is 1. The van der Waals surface area contributed by atoms with E-state index in [9.17, 15) is 19.5 Å². The van der Waals surface area contributed by atoms with E-state index < -0.39 is 18.1 Å². The van der Waals surface area contributed by atoms with Gasteiger partial charge in [-0.25, -0.2) is 4.79 Å². The molecule has 132 valence electrons. The Bertz CT molecular complexity index is 398. The van der Waals surface area contributed by atoms with Crippen LogP contribution in [-0.4, -0.2) is 48.3 Å². The van der Waals surface area contributed by atoms with E-state index in [1.807, 2.05) is 0 Å². The molecule has 0 spiro atoms. The van der Waals surface area contributed by atoms with Crippen LogP contribution >= 0.6 is 0 Å². The minimum atomic E-state index is -1.06. The molecule has 0 aromatic carbocycles. The second-order valence-electron chi connectivity index (χ2n) is 5.79. The molecule has 0 aliphatic carbocycles. The minimum Gasteiger partial charge on any atom is -0.463 e. The van der Waals surface area contributed by atoms with Gasteiger partial charge in [0.05, 0.1) is 0 Å². The first-order chi connectivity index (χ1) is 11.0. The van der Waals surface area contributed by atoms with Gasteiger partial charge in [-0.05, 0) is 12.8 Å². The molecular formula is C16H27NO6. The van der Waals surface area contributed by atoms with E-state index in [2.05, 4.69) is 12.2 Å². The molecule has 1 aliphatic rings. The summed E-state index contributed by atoms with van der Waals surface area (Å²) in [4.78, 5) is 34.1. The summed E-state index contributed by atoms with van der Waals surface area (Å²) in [5.74, 6) is -1.10. The Hall–Kier alpha value is -1.63. The van der Waals surface area contributed by atoms with Crippen LogP contribution < -0.4 is 5.32 Å². The third-order valence-electron chi connectivity index (χ3n) is 3.62. The highest BCUT2D eigenvalue weighted by atomic mass is 16.6. The van der Waals surface area contributed by atoms with E-state index in [1.165, 1.54) is 6.42 Å². The highest BCUT2D eigenvalue weighted by Crippen LogP contribution is 2.08. The lowest BCUT2D eigenvalue weighted by atomic mass is 10.1. The number of unbranched alkanes of at least 4 members (excludes halogenated alkanes) is 4. The number of hydrogen-bond acceptors (Lipinski definition) is 6. The second-order valence-corrected chi connectivity index (χ2v) is 5.79. The molecule has 0 aromatic rings. The van der Waals surface area contributed by atoms with E-state index >= 15 is 0 Å². The third-order valence-corrected chi connectivity index (χ3v) is 3.62. The smallest absolute Gasteiger partial charge is 0.328 e. The van der Waals surface area contributed by atoms with Crippen molar-refractivity contribution in [3.63, 3.8) is 0 Å². The lowest BCUT2D eigenvalue weighted by Crippen LogP contribution is -2.36. The molecule has 1 unspecified atom stereocenters. The molecular weight excluding hydrogens is 302 g/mol. The van der Waals surface area contributed by atoms with Gasteiger partial charge in [0.25, 0.3) is 0 Å². The van der Waals surface area contributed by atoms with Gasteiger partial charge in [-0.2, -0.15) is 0 Å². The predicted molar refractivity (Wildman–Crippen MR) is 82.5 cm³/mol. The van der Waals surface area contributed by atoms with Crippen molar-refractivity contribution in [2.45, 2.75) is 70.4 Å². The number of rotatable bonds is 11. The first-order valence-electron chi connectivity index (χ1n) is 8.32. The maximum atomic E-state index is 11.6. The molecule has 1 heterocycles. The number of carbonyl (C=O) groups is 3. The molecule has 1 amide bonds. The Morgan fingerprint density at radius 1 is 1.22 bits per heavy atom. The molecule has 2 atom stereocenters. The van der Waals surface area contributed by atoms with Crippen LogP contribution in [0.25, 0.3) is 0 Å². The van der Waals surface area contributed by atoms with E-state index in [0.717, 1.165) is 25.7 Å². The van der Waals surface area contributed by atoms with Crippen LogP contribution in [0.4, 0.5) is 0 Å². The van der Waals surface area contributed by atoms with Crippen LogP contribution in [-0.2, 0) is 23.9 Å². The maximum absolute atomic E-state index is 11.6. The van der Waals surface area contributed by atoms with Crippen molar-refractivity contribution >= 4 is 17.8 Å². The summed E-state index contributed by atoms with van der Waals surface area (Å²) in [7, 11) is 0. The third kappa shape index (κ3) is 8.54. The molecule has 1 rings (SSSR count). The van der Waals surface area contributed by atoms with Crippen molar-refractivity contribution in [3.8, 4) is 0 Å². The molecule has 7 heteroatoms. The second kappa shape index (κ2) is 11.0. The largest absolute Gasteiger partial charge is 0.463 e. The fraction of sp³-hybridized carbons (Fsp3) is 0.812. The SMILES string of the molecule is CCCCCCCC(=O)OCC(O)COC(=O)[C@H]1CCC(=O)N1. The van der Waals surface area contributed by atoms with Gasteiger partial charge in [0.15, 0.2) is 0 Å². The van der Waals surface area contributed by atoms with Gasteiger partial charge in [0, 0.05) is 12.8 Å². The summed E-state index contributed by atoms with van der Waals surface area (Å²) in [6.07, 6.45) is 5.20. The first kappa shape index (κ1) is 19.4. The van der Waals surface area contributed by atoms with Crippen LogP contribution in [0.15, 0.2) is 0 Å². The van der Waals surface area contributed by atoms with Gasteiger partial charge < -0.3 is 19.9 Å². The number of hydrogen-bond donors (Lipinski definition) is 2. The van der Waals surface area contributed by atoms with Crippen molar-refractivity contribution in [1.82, 2.24) is 5.32 Å². The highest BCUT2D eigenvalue weighted by Gasteiger charge is 2.28. The topological polar surface area (TPSA) is 102 Å². The number of amides is 1. The summed E-state index contributed by atoms with van der Waals surface area (Å²) >= 11 is 0. The van der Waals surface area contributed by atoms with E-state index in [1.54, 1.807) is 0 Å². The van der Waals surface area contributed by atoms with Gasteiger partial charge in [-0.1, -0.05) is 32.6 Å². The number of ether oxygens (including phenoxy) is 2. The van der Waals surface area contributed by atoms with Gasteiger partial charge in [-0.15, -0.1) is 0 Å². The molecule has 0 aromatic heterocycles. The van der Waals surface area contributed by atoms with Gasteiger partial charge in [-0.3, -0.25) is 9.59 Å². The van der Waals surface area contributed by atoms with Crippen molar-refractivity contribution in [2.24, 2.45) is 0 Å². The van der Waals surface area contributed by atoms with E-state index in [-0.39, 0.29) is 25.1 Å². The van der Waals surface area contributed by atoms with Crippen LogP contribution in [0.2, 0.25) is 0 Å². The number of esters is 2. The molecule has 0 bridgehead atoms.